The Morgan fingerprint density at radius 1 is 1.31 bits per heavy atom. The second kappa shape index (κ2) is 3.12. The summed E-state index contributed by atoms with van der Waals surface area (Å²) < 4.78 is 0.910. The number of hydrogen-bond donors (Lipinski definition) is 2. The van der Waals surface area contributed by atoms with Crippen LogP contribution >= 0.6 is 23.1 Å². The summed E-state index contributed by atoms with van der Waals surface area (Å²) in [6.45, 7) is 0. The fraction of sp³-hybridized carbons (Fsp3) is 0.111. The molecular formula is C9H8O2S2. The van der Waals surface area contributed by atoms with Gasteiger partial charge < -0.3 is 10.2 Å². The van der Waals surface area contributed by atoms with Crippen molar-refractivity contribution in [3.63, 3.8) is 0 Å². The summed E-state index contributed by atoms with van der Waals surface area (Å²) in [4.78, 5) is 0.838. The van der Waals surface area contributed by atoms with Gasteiger partial charge in [0.05, 0.1) is 0 Å². The maximum absolute atomic E-state index is 9.74. The number of hydrogen-bond acceptors (Lipinski definition) is 4. The topological polar surface area (TPSA) is 40.5 Å². The molecule has 2 N–H and O–H groups in total. The molecule has 1 heterocycles. The summed E-state index contributed by atoms with van der Waals surface area (Å²) >= 11 is 2.76. The van der Waals surface area contributed by atoms with Crippen LogP contribution in [0.1, 0.15) is 0 Å². The summed E-state index contributed by atoms with van der Waals surface area (Å²) in [5.41, 5.74) is 0. The molecule has 0 aliphatic carbocycles. The lowest BCUT2D eigenvalue weighted by Crippen LogP contribution is -1.72. The zero-order valence-corrected chi connectivity index (χ0v) is 8.58. The Bertz CT molecular complexity index is 448. The van der Waals surface area contributed by atoms with Crippen LogP contribution in [0, 0.1) is 0 Å². The van der Waals surface area contributed by atoms with Crippen molar-refractivity contribution in [1.29, 1.82) is 0 Å². The van der Waals surface area contributed by atoms with E-state index in [0.717, 1.165) is 15.0 Å². The van der Waals surface area contributed by atoms with E-state index in [9.17, 15) is 10.2 Å². The molecule has 0 unspecified atom stereocenters. The number of thioether (sulfide) groups is 1. The zero-order valence-electron chi connectivity index (χ0n) is 6.94. The lowest BCUT2D eigenvalue weighted by molar-refractivity contribution is 0.468. The van der Waals surface area contributed by atoms with E-state index < -0.39 is 0 Å². The van der Waals surface area contributed by atoms with Crippen LogP contribution in [0.5, 0.6) is 10.8 Å². The van der Waals surface area contributed by atoms with Crippen LogP contribution in [0.25, 0.3) is 10.1 Å². The van der Waals surface area contributed by atoms with E-state index in [1.165, 1.54) is 23.1 Å². The highest BCUT2D eigenvalue weighted by molar-refractivity contribution is 7.98. The molecule has 0 radical (unpaired) electrons. The predicted molar refractivity (Wildman–Crippen MR) is 56.9 cm³/mol. The van der Waals surface area contributed by atoms with Crippen LogP contribution in [-0.2, 0) is 0 Å². The molecule has 68 valence electrons. The molecule has 0 aliphatic rings. The highest BCUT2D eigenvalue weighted by atomic mass is 32.2. The molecule has 0 saturated carbocycles. The number of fused-ring (bicyclic) bond motifs is 1. The first-order valence-electron chi connectivity index (χ1n) is 3.71. The fourth-order valence-electron chi connectivity index (χ4n) is 1.23. The zero-order chi connectivity index (χ0) is 9.42. The normalized spacial score (nSPS) is 10.8. The van der Waals surface area contributed by atoms with E-state index in [2.05, 4.69) is 0 Å². The number of phenols is 1. The second-order valence-corrected chi connectivity index (χ2v) is 4.52. The van der Waals surface area contributed by atoms with Crippen molar-refractivity contribution in [2.75, 3.05) is 6.26 Å². The van der Waals surface area contributed by atoms with Crippen LogP contribution in [0.4, 0.5) is 0 Å². The minimum atomic E-state index is 0.239. The molecule has 0 saturated heterocycles. The van der Waals surface area contributed by atoms with Gasteiger partial charge in [0.1, 0.15) is 5.75 Å². The number of rotatable bonds is 1. The number of thiophene rings is 1. The fourth-order valence-corrected chi connectivity index (χ4v) is 2.54. The Morgan fingerprint density at radius 3 is 2.77 bits per heavy atom. The maximum atomic E-state index is 9.74. The molecule has 2 aromatic rings. The Hall–Kier alpha value is -0.870. The largest absolute Gasteiger partial charge is 0.506 e. The number of benzene rings is 1. The van der Waals surface area contributed by atoms with Gasteiger partial charge in [-0.15, -0.1) is 11.8 Å². The molecule has 0 bridgehead atoms. The molecule has 1 aromatic carbocycles. The van der Waals surface area contributed by atoms with Gasteiger partial charge >= 0.3 is 0 Å². The van der Waals surface area contributed by atoms with Gasteiger partial charge in [-0.2, -0.15) is 0 Å². The molecule has 0 amide bonds. The molecule has 1 aromatic heterocycles. The lowest BCUT2D eigenvalue weighted by atomic mass is 10.2. The molecule has 13 heavy (non-hydrogen) atoms. The first-order valence-corrected chi connectivity index (χ1v) is 5.75. The summed E-state index contributed by atoms with van der Waals surface area (Å²) in [6.07, 6.45) is 1.91. The van der Waals surface area contributed by atoms with E-state index in [1.54, 1.807) is 6.07 Å². The highest BCUT2D eigenvalue weighted by Crippen LogP contribution is 2.40. The van der Waals surface area contributed by atoms with Crippen molar-refractivity contribution in [1.82, 2.24) is 0 Å². The van der Waals surface area contributed by atoms with Crippen molar-refractivity contribution in [3.05, 3.63) is 18.2 Å². The molecular weight excluding hydrogens is 204 g/mol. The average Bonchev–Trinajstić information content (AvgIpc) is 2.47. The van der Waals surface area contributed by atoms with Crippen LogP contribution in [-0.4, -0.2) is 16.5 Å². The minimum Gasteiger partial charge on any atom is -0.506 e. The Labute approximate surface area is 83.8 Å². The third-order valence-electron chi connectivity index (χ3n) is 1.84. The van der Waals surface area contributed by atoms with Gasteiger partial charge in [-0.05, 0) is 18.4 Å². The van der Waals surface area contributed by atoms with Gasteiger partial charge in [0.2, 0.25) is 0 Å². The first kappa shape index (κ1) is 8.72. The maximum Gasteiger partial charge on any atom is 0.172 e. The Morgan fingerprint density at radius 2 is 2.08 bits per heavy atom. The Balaban J connectivity index is 2.78. The molecule has 0 fully saturated rings. The third-order valence-corrected chi connectivity index (χ3v) is 3.51. The lowest BCUT2D eigenvalue weighted by Gasteiger charge is -2.00. The van der Waals surface area contributed by atoms with Crippen LogP contribution < -0.4 is 0 Å². The van der Waals surface area contributed by atoms with Crippen molar-refractivity contribution in [3.8, 4) is 10.8 Å². The van der Waals surface area contributed by atoms with Gasteiger partial charge in [-0.25, -0.2) is 0 Å². The van der Waals surface area contributed by atoms with Crippen molar-refractivity contribution < 1.29 is 10.2 Å². The van der Waals surface area contributed by atoms with Gasteiger partial charge in [0, 0.05) is 21.0 Å². The van der Waals surface area contributed by atoms with Crippen molar-refractivity contribution >= 4 is 33.2 Å². The summed E-state index contributed by atoms with van der Waals surface area (Å²) in [6, 6.07) is 5.36. The summed E-state index contributed by atoms with van der Waals surface area (Å²) in [5, 5.41) is 20.0. The monoisotopic (exact) mass is 212 g/mol. The SMILES string of the molecule is CSc1ccc2sc(O)cc2c1O. The standard InChI is InChI=1S/C9H8O2S2/c1-12-7-3-2-6-5(9(7)11)4-8(10)13-6/h2-4,10-11H,1H3. The first-order chi connectivity index (χ1) is 6.22. The average molecular weight is 212 g/mol. The van der Waals surface area contributed by atoms with E-state index in [0.29, 0.717) is 0 Å². The number of phenolic OH excluding ortho intramolecular Hbond substituents is 1. The van der Waals surface area contributed by atoms with Crippen molar-refractivity contribution in [2.24, 2.45) is 0 Å². The van der Waals surface area contributed by atoms with Gasteiger partial charge in [-0.3, -0.25) is 0 Å². The quantitative estimate of drug-likeness (QED) is 0.714. The van der Waals surface area contributed by atoms with Gasteiger partial charge in [-0.1, -0.05) is 11.3 Å². The van der Waals surface area contributed by atoms with Crippen LogP contribution in [0.2, 0.25) is 0 Å². The molecule has 2 rings (SSSR count). The van der Waals surface area contributed by atoms with Gasteiger partial charge in [0.25, 0.3) is 0 Å². The molecule has 0 atom stereocenters. The van der Waals surface area contributed by atoms with E-state index in [4.69, 9.17) is 0 Å². The number of aromatic hydroxyl groups is 2. The summed E-state index contributed by atoms with van der Waals surface area (Å²) in [7, 11) is 0. The highest BCUT2D eigenvalue weighted by Gasteiger charge is 2.08. The van der Waals surface area contributed by atoms with E-state index in [1.807, 2.05) is 18.4 Å². The van der Waals surface area contributed by atoms with E-state index >= 15 is 0 Å². The van der Waals surface area contributed by atoms with E-state index in [-0.39, 0.29) is 10.8 Å². The smallest absolute Gasteiger partial charge is 0.172 e. The third kappa shape index (κ3) is 1.36. The minimum absolute atomic E-state index is 0.239. The molecule has 0 aliphatic heterocycles. The molecule has 4 heteroatoms. The molecule has 0 spiro atoms. The second-order valence-electron chi connectivity index (χ2n) is 2.61. The van der Waals surface area contributed by atoms with Crippen LogP contribution in [0.3, 0.4) is 0 Å². The van der Waals surface area contributed by atoms with Crippen LogP contribution in [0.15, 0.2) is 23.1 Å². The Kier molecular flexibility index (Phi) is 2.09. The van der Waals surface area contributed by atoms with Crippen molar-refractivity contribution in [2.45, 2.75) is 4.90 Å². The summed E-state index contributed by atoms with van der Waals surface area (Å²) in [5.74, 6) is 0.265. The molecule has 2 nitrogen and oxygen atoms in total. The predicted octanol–water partition coefficient (Wildman–Crippen LogP) is 3.03. The van der Waals surface area contributed by atoms with Gasteiger partial charge in [0.15, 0.2) is 5.06 Å².